The van der Waals surface area contributed by atoms with Crippen molar-refractivity contribution in [3.63, 3.8) is 0 Å². The predicted octanol–water partition coefficient (Wildman–Crippen LogP) is 1.83. The van der Waals surface area contributed by atoms with Gasteiger partial charge >= 0.3 is 0 Å². The summed E-state index contributed by atoms with van der Waals surface area (Å²) in [5, 5.41) is 7.63. The second kappa shape index (κ2) is 6.94. The fraction of sp³-hybridized carbons (Fsp3) is 0.250. The summed E-state index contributed by atoms with van der Waals surface area (Å²) in [4.78, 5) is 28.0. The maximum absolute atomic E-state index is 12.1. The number of ketones is 2. The number of pyridine rings is 1. The van der Waals surface area contributed by atoms with Gasteiger partial charge in [0.25, 0.3) is 0 Å². The Hall–Kier alpha value is -2.51. The molecular weight excluding hydrogens is 330 g/mol. The first-order valence-corrected chi connectivity index (χ1v) is 7.91. The van der Waals surface area contributed by atoms with Gasteiger partial charge in [-0.2, -0.15) is 0 Å². The van der Waals surface area contributed by atoms with Crippen LogP contribution in [-0.2, 0) is 9.59 Å². The molecule has 0 amide bonds. The third-order valence-electron chi connectivity index (χ3n) is 3.56. The van der Waals surface area contributed by atoms with Crippen molar-refractivity contribution in [1.82, 2.24) is 9.61 Å². The zero-order chi connectivity index (χ0) is 17.1. The Morgan fingerprint density at radius 3 is 2.96 bits per heavy atom. The van der Waals surface area contributed by atoms with Gasteiger partial charge in [-0.3, -0.25) is 9.59 Å². The molecule has 0 unspecified atom stereocenters. The molecule has 0 saturated heterocycles. The number of nitrogens with two attached hydrogens (primary N) is 1. The fourth-order valence-corrected chi connectivity index (χ4v) is 2.51. The highest BCUT2D eigenvalue weighted by atomic mass is 35.5. The van der Waals surface area contributed by atoms with E-state index in [9.17, 15) is 9.59 Å². The first-order valence-electron chi connectivity index (χ1n) is 7.53. The van der Waals surface area contributed by atoms with Crippen LogP contribution in [0.25, 0.3) is 5.52 Å². The molecule has 1 aliphatic rings. The van der Waals surface area contributed by atoms with Crippen LogP contribution in [0.5, 0.6) is 0 Å². The molecule has 3 rings (SSSR count). The lowest BCUT2D eigenvalue weighted by Crippen LogP contribution is -2.22. The van der Waals surface area contributed by atoms with Crippen molar-refractivity contribution >= 4 is 45.9 Å². The normalized spacial score (nSPS) is 16.8. The third kappa shape index (κ3) is 3.22. The molecule has 0 fully saturated rings. The lowest BCUT2D eigenvalue weighted by atomic mass is 10.0. The van der Waals surface area contributed by atoms with Crippen LogP contribution in [0.3, 0.4) is 0 Å². The molecule has 0 radical (unpaired) electrons. The molecule has 3 N–H and O–H groups in total. The molecule has 2 aromatic heterocycles. The van der Waals surface area contributed by atoms with Crippen molar-refractivity contribution in [3.8, 4) is 0 Å². The molecule has 0 bridgehead atoms. The van der Waals surface area contributed by atoms with Gasteiger partial charge in [-0.15, -0.1) is 5.10 Å². The summed E-state index contributed by atoms with van der Waals surface area (Å²) in [6, 6.07) is 5.56. The lowest BCUT2D eigenvalue weighted by molar-refractivity contribution is -0.121. The average Bonchev–Trinajstić information content (AvgIpc) is 2.91. The molecule has 0 aromatic carbocycles. The topological polar surface area (TPSA) is 102 Å². The number of fused-ring (bicyclic) bond motifs is 1. The second-order valence-corrected chi connectivity index (χ2v) is 5.72. The van der Waals surface area contributed by atoms with Gasteiger partial charge in [0.05, 0.1) is 17.0 Å². The van der Waals surface area contributed by atoms with Gasteiger partial charge < -0.3 is 11.1 Å². The van der Waals surface area contributed by atoms with E-state index in [4.69, 9.17) is 17.3 Å². The van der Waals surface area contributed by atoms with Gasteiger partial charge in [-0.05, 0) is 31.2 Å². The van der Waals surface area contributed by atoms with E-state index < -0.39 is 0 Å². The number of nitrogens with one attached hydrogen (secondary N) is 1. The molecule has 0 atom stereocenters. The number of allylic oxidation sites excluding steroid dienone is 2. The molecule has 8 heteroatoms. The van der Waals surface area contributed by atoms with Crippen LogP contribution in [0.15, 0.2) is 40.5 Å². The minimum Gasteiger partial charge on any atom is -0.367 e. The van der Waals surface area contributed by atoms with Gasteiger partial charge in [-0.25, -0.2) is 9.51 Å². The summed E-state index contributed by atoms with van der Waals surface area (Å²) in [7, 11) is 0. The number of carbonyl (C=O) groups is 2. The standard InChI is InChI=1S/C16H16ClN5O2/c17-10-8-11(14(24)9-13(10)23)20-15-12-4-1-2-7-22(12)21-16(15)19-6-3-5-18/h1-2,4,7-8H,3,5-6,9,18H2,(H,19,21). The number of aromatic nitrogens is 2. The Bertz CT molecular complexity index is 868. The summed E-state index contributed by atoms with van der Waals surface area (Å²) in [5.74, 6) is -0.189. The van der Waals surface area contributed by atoms with Crippen LogP contribution in [0, 0.1) is 0 Å². The quantitative estimate of drug-likeness (QED) is 0.636. The second-order valence-electron chi connectivity index (χ2n) is 5.31. The number of aliphatic imine (C=N–C) groups is 1. The number of hydrogen-bond donors (Lipinski definition) is 2. The molecule has 24 heavy (non-hydrogen) atoms. The predicted molar refractivity (Wildman–Crippen MR) is 93.0 cm³/mol. The van der Waals surface area contributed by atoms with Crippen molar-refractivity contribution in [3.05, 3.63) is 35.5 Å². The molecule has 0 saturated carbocycles. The maximum atomic E-state index is 12.1. The largest absolute Gasteiger partial charge is 0.367 e. The molecule has 2 heterocycles. The zero-order valence-electron chi connectivity index (χ0n) is 12.8. The van der Waals surface area contributed by atoms with Gasteiger partial charge in [0.2, 0.25) is 0 Å². The van der Waals surface area contributed by atoms with Crippen molar-refractivity contribution in [1.29, 1.82) is 0 Å². The van der Waals surface area contributed by atoms with E-state index in [0.717, 1.165) is 11.9 Å². The summed E-state index contributed by atoms with van der Waals surface area (Å²) >= 11 is 5.86. The Morgan fingerprint density at radius 1 is 1.33 bits per heavy atom. The summed E-state index contributed by atoms with van der Waals surface area (Å²) < 4.78 is 1.67. The van der Waals surface area contributed by atoms with Gasteiger partial charge in [0.15, 0.2) is 17.4 Å². The first kappa shape index (κ1) is 16.4. The van der Waals surface area contributed by atoms with Crippen molar-refractivity contribution < 1.29 is 9.59 Å². The van der Waals surface area contributed by atoms with Crippen LogP contribution in [0.2, 0.25) is 0 Å². The summed E-state index contributed by atoms with van der Waals surface area (Å²) in [6.45, 7) is 1.20. The Kier molecular flexibility index (Phi) is 4.73. The van der Waals surface area contributed by atoms with E-state index in [-0.39, 0.29) is 28.7 Å². The molecule has 124 valence electrons. The molecule has 0 spiro atoms. The van der Waals surface area contributed by atoms with E-state index in [1.165, 1.54) is 6.08 Å². The van der Waals surface area contributed by atoms with Gasteiger partial charge in [0, 0.05) is 12.7 Å². The number of nitrogens with zero attached hydrogens (tertiary/aromatic N) is 3. The first-order chi connectivity index (χ1) is 11.6. The number of hydrogen-bond acceptors (Lipinski definition) is 6. The Balaban J connectivity index is 2.07. The highest BCUT2D eigenvalue weighted by Crippen LogP contribution is 2.30. The van der Waals surface area contributed by atoms with Crippen LogP contribution in [-0.4, -0.2) is 40.0 Å². The van der Waals surface area contributed by atoms with Crippen LogP contribution in [0.4, 0.5) is 11.5 Å². The minimum atomic E-state index is -0.387. The smallest absolute Gasteiger partial charge is 0.189 e. The van der Waals surface area contributed by atoms with Gasteiger partial charge in [-0.1, -0.05) is 17.7 Å². The summed E-state index contributed by atoms with van der Waals surface area (Å²) in [5.41, 5.74) is 6.94. The monoisotopic (exact) mass is 345 g/mol. The molecule has 2 aromatic rings. The molecule has 7 nitrogen and oxygen atoms in total. The Morgan fingerprint density at radius 2 is 2.17 bits per heavy atom. The number of halogens is 1. The van der Waals surface area contributed by atoms with E-state index >= 15 is 0 Å². The zero-order valence-corrected chi connectivity index (χ0v) is 13.6. The van der Waals surface area contributed by atoms with Crippen LogP contribution < -0.4 is 11.1 Å². The van der Waals surface area contributed by atoms with Crippen molar-refractivity contribution in [2.24, 2.45) is 10.7 Å². The SMILES string of the molecule is NCCCNc1nn2ccccc2c1N=C1C=C(Cl)C(=O)CC1=O. The number of anilines is 1. The van der Waals surface area contributed by atoms with E-state index in [0.29, 0.717) is 24.6 Å². The van der Waals surface area contributed by atoms with Crippen LogP contribution >= 0.6 is 11.6 Å². The highest BCUT2D eigenvalue weighted by molar-refractivity contribution is 6.57. The number of Topliss-reactive ketones (excluding diaryl/α,β-unsaturated/α-hetero) is 2. The fourth-order valence-electron chi connectivity index (χ4n) is 2.34. The molecule has 0 aliphatic heterocycles. The number of rotatable bonds is 5. The summed E-state index contributed by atoms with van der Waals surface area (Å²) in [6.07, 6.45) is 3.63. The van der Waals surface area contributed by atoms with Crippen molar-refractivity contribution in [2.75, 3.05) is 18.4 Å². The van der Waals surface area contributed by atoms with E-state index in [2.05, 4.69) is 15.4 Å². The van der Waals surface area contributed by atoms with E-state index in [1.54, 1.807) is 10.7 Å². The average molecular weight is 346 g/mol. The lowest BCUT2D eigenvalue weighted by Gasteiger charge is -2.08. The van der Waals surface area contributed by atoms with Gasteiger partial charge in [0.1, 0.15) is 11.4 Å². The molecule has 1 aliphatic carbocycles. The molecular formula is C16H16ClN5O2. The Labute approximate surface area is 143 Å². The van der Waals surface area contributed by atoms with E-state index in [1.807, 2.05) is 18.2 Å². The highest BCUT2D eigenvalue weighted by Gasteiger charge is 2.24. The van der Waals surface area contributed by atoms with Crippen molar-refractivity contribution in [2.45, 2.75) is 12.8 Å². The van der Waals surface area contributed by atoms with Crippen LogP contribution in [0.1, 0.15) is 12.8 Å². The maximum Gasteiger partial charge on any atom is 0.189 e. The third-order valence-corrected chi connectivity index (χ3v) is 3.88. The number of carbonyl (C=O) groups excluding carboxylic acids is 2. The minimum absolute atomic E-state index is 0.0162.